The molecule has 0 bridgehead atoms. The van der Waals surface area contributed by atoms with Crippen molar-refractivity contribution in [3.05, 3.63) is 12.2 Å². The van der Waals surface area contributed by atoms with Crippen molar-refractivity contribution < 1.29 is 9.90 Å². The van der Waals surface area contributed by atoms with Crippen molar-refractivity contribution in [1.82, 2.24) is 0 Å². The van der Waals surface area contributed by atoms with Crippen LogP contribution in [0.2, 0.25) is 0 Å². The molecule has 0 fully saturated rings. The summed E-state index contributed by atoms with van der Waals surface area (Å²) in [4.78, 5) is 10.2. The fourth-order valence-electron chi connectivity index (χ4n) is 1.45. The molecule has 0 aliphatic heterocycles. The molecule has 0 amide bonds. The number of hydrogen-bond acceptors (Lipinski definition) is 1. The largest absolute Gasteiger partial charge is 0.481 e. The standard InChI is InChI=1S/C9H14O2/c10-9(11)7-3-6-8-4-1-2-5-8/h1,4,8H,2-3,5-7H2,(H,10,11). The molecular weight excluding hydrogens is 140 g/mol. The Morgan fingerprint density at radius 3 is 3.00 bits per heavy atom. The first kappa shape index (κ1) is 8.31. The van der Waals surface area contributed by atoms with Crippen molar-refractivity contribution in [3.63, 3.8) is 0 Å². The Labute approximate surface area is 66.9 Å². The third kappa shape index (κ3) is 3.21. The number of aliphatic carboxylic acids is 1. The molecular formula is C9H14O2. The molecule has 2 nitrogen and oxygen atoms in total. The molecule has 1 unspecified atom stereocenters. The fourth-order valence-corrected chi connectivity index (χ4v) is 1.45. The van der Waals surface area contributed by atoms with Crippen molar-refractivity contribution in [2.75, 3.05) is 0 Å². The summed E-state index contributed by atoms with van der Waals surface area (Å²) in [6, 6.07) is 0. The summed E-state index contributed by atoms with van der Waals surface area (Å²) in [6.45, 7) is 0. The van der Waals surface area contributed by atoms with E-state index in [-0.39, 0.29) is 0 Å². The summed E-state index contributed by atoms with van der Waals surface area (Å²) in [5.74, 6) is -0.0127. The van der Waals surface area contributed by atoms with E-state index in [9.17, 15) is 4.79 Å². The van der Waals surface area contributed by atoms with E-state index in [0.717, 1.165) is 12.8 Å². The first-order valence-electron chi connectivity index (χ1n) is 4.17. The van der Waals surface area contributed by atoms with Gasteiger partial charge in [0.2, 0.25) is 0 Å². The van der Waals surface area contributed by atoms with Crippen LogP contribution in [0.3, 0.4) is 0 Å². The van der Waals surface area contributed by atoms with Gasteiger partial charge in [-0.15, -0.1) is 0 Å². The molecule has 62 valence electrons. The van der Waals surface area contributed by atoms with Crippen molar-refractivity contribution >= 4 is 5.97 Å². The molecule has 11 heavy (non-hydrogen) atoms. The Balaban J connectivity index is 2.03. The van der Waals surface area contributed by atoms with Gasteiger partial charge in [0.25, 0.3) is 0 Å². The molecule has 0 aromatic carbocycles. The lowest BCUT2D eigenvalue weighted by atomic mass is 10.0. The normalized spacial score (nSPS) is 22.4. The smallest absolute Gasteiger partial charge is 0.303 e. The Morgan fingerprint density at radius 2 is 2.45 bits per heavy atom. The number of hydrogen-bond donors (Lipinski definition) is 1. The van der Waals surface area contributed by atoms with Gasteiger partial charge in [0.15, 0.2) is 0 Å². The highest BCUT2D eigenvalue weighted by Crippen LogP contribution is 2.22. The topological polar surface area (TPSA) is 37.3 Å². The minimum absolute atomic E-state index is 0.324. The van der Waals surface area contributed by atoms with Crippen molar-refractivity contribution in [2.45, 2.75) is 32.1 Å². The van der Waals surface area contributed by atoms with Crippen LogP contribution in [-0.2, 0) is 4.79 Å². The molecule has 1 atom stereocenters. The number of carbonyl (C=O) groups is 1. The van der Waals surface area contributed by atoms with Crippen LogP contribution < -0.4 is 0 Å². The SMILES string of the molecule is O=C(O)CCCC1C=CCC1. The van der Waals surface area contributed by atoms with E-state index in [1.165, 1.54) is 12.8 Å². The van der Waals surface area contributed by atoms with Crippen LogP contribution in [-0.4, -0.2) is 11.1 Å². The predicted octanol–water partition coefficient (Wildman–Crippen LogP) is 2.21. The molecule has 1 rings (SSSR count). The summed E-state index contributed by atoms with van der Waals surface area (Å²) in [5.41, 5.74) is 0. The molecule has 2 heteroatoms. The lowest BCUT2D eigenvalue weighted by Crippen LogP contribution is -1.97. The zero-order valence-corrected chi connectivity index (χ0v) is 6.62. The predicted molar refractivity (Wildman–Crippen MR) is 43.4 cm³/mol. The number of carboxylic acids is 1. The molecule has 0 heterocycles. The molecule has 1 aliphatic carbocycles. The summed E-state index contributed by atoms with van der Waals surface area (Å²) in [5, 5.41) is 8.37. The van der Waals surface area contributed by atoms with Gasteiger partial charge in [-0.3, -0.25) is 4.79 Å². The van der Waals surface area contributed by atoms with E-state index >= 15 is 0 Å². The third-order valence-corrected chi connectivity index (χ3v) is 2.08. The molecule has 0 saturated carbocycles. The number of allylic oxidation sites excluding steroid dienone is 2. The van der Waals surface area contributed by atoms with Crippen LogP contribution in [0.1, 0.15) is 32.1 Å². The molecule has 0 saturated heterocycles. The van der Waals surface area contributed by atoms with Crippen molar-refractivity contribution in [3.8, 4) is 0 Å². The summed E-state index contributed by atoms with van der Waals surface area (Å²) < 4.78 is 0. The Hall–Kier alpha value is -0.790. The minimum atomic E-state index is -0.674. The molecule has 0 spiro atoms. The van der Waals surface area contributed by atoms with Gasteiger partial charge in [-0.1, -0.05) is 12.2 Å². The van der Waals surface area contributed by atoms with Crippen molar-refractivity contribution in [2.24, 2.45) is 5.92 Å². The van der Waals surface area contributed by atoms with Crippen LogP contribution in [0.15, 0.2) is 12.2 Å². The molecule has 0 radical (unpaired) electrons. The van der Waals surface area contributed by atoms with Gasteiger partial charge in [-0.2, -0.15) is 0 Å². The second-order valence-corrected chi connectivity index (χ2v) is 3.05. The highest BCUT2D eigenvalue weighted by molar-refractivity contribution is 5.66. The van der Waals surface area contributed by atoms with Gasteiger partial charge in [0.05, 0.1) is 0 Å². The zero-order chi connectivity index (χ0) is 8.10. The summed E-state index contributed by atoms with van der Waals surface area (Å²) in [6.07, 6.45) is 8.99. The van der Waals surface area contributed by atoms with E-state index in [1.54, 1.807) is 0 Å². The van der Waals surface area contributed by atoms with E-state index in [0.29, 0.717) is 12.3 Å². The monoisotopic (exact) mass is 154 g/mol. The maximum atomic E-state index is 10.2. The minimum Gasteiger partial charge on any atom is -0.481 e. The van der Waals surface area contributed by atoms with Crippen LogP contribution >= 0.6 is 0 Å². The van der Waals surface area contributed by atoms with E-state index in [4.69, 9.17) is 5.11 Å². The average Bonchev–Trinajstić information content (AvgIpc) is 2.39. The van der Waals surface area contributed by atoms with Crippen molar-refractivity contribution in [1.29, 1.82) is 0 Å². The average molecular weight is 154 g/mol. The van der Waals surface area contributed by atoms with Gasteiger partial charge < -0.3 is 5.11 Å². The van der Waals surface area contributed by atoms with Crippen LogP contribution in [0.4, 0.5) is 0 Å². The number of rotatable bonds is 4. The lowest BCUT2D eigenvalue weighted by molar-refractivity contribution is -0.137. The zero-order valence-electron chi connectivity index (χ0n) is 6.62. The van der Waals surface area contributed by atoms with Gasteiger partial charge in [0, 0.05) is 6.42 Å². The Kier molecular flexibility index (Phi) is 3.14. The summed E-state index contributed by atoms with van der Waals surface area (Å²) in [7, 11) is 0. The highest BCUT2D eigenvalue weighted by Gasteiger charge is 2.08. The van der Waals surface area contributed by atoms with Gasteiger partial charge >= 0.3 is 5.97 Å². The van der Waals surface area contributed by atoms with Crippen LogP contribution in [0.5, 0.6) is 0 Å². The first-order chi connectivity index (χ1) is 5.29. The molecule has 1 aliphatic rings. The summed E-state index contributed by atoms with van der Waals surface area (Å²) >= 11 is 0. The Morgan fingerprint density at radius 1 is 1.64 bits per heavy atom. The lowest BCUT2D eigenvalue weighted by Gasteiger charge is -2.04. The quantitative estimate of drug-likeness (QED) is 0.630. The van der Waals surface area contributed by atoms with Gasteiger partial charge in [-0.25, -0.2) is 0 Å². The molecule has 0 aromatic rings. The second kappa shape index (κ2) is 4.16. The number of carboxylic acid groups (broad SMARTS) is 1. The third-order valence-electron chi connectivity index (χ3n) is 2.08. The first-order valence-corrected chi connectivity index (χ1v) is 4.17. The van der Waals surface area contributed by atoms with Gasteiger partial charge in [-0.05, 0) is 31.6 Å². The van der Waals surface area contributed by atoms with Crippen LogP contribution in [0, 0.1) is 5.92 Å². The van der Waals surface area contributed by atoms with E-state index in [1.807, 2.05) is 0 Å². The maximum absolute atomic E-state index is 10.2. The highest BCUT2D eigenvalue weighted by atomic mass is 16.4. The maximum Gasteiger partial charge on any atom is 0.303 e. The fraction of sp³-hybridized carbons (Fsp3) is 0.667. The Bertz CT molecular complexity index is 161. The van der Waals surface area contributed by atoms with Gasteiger partial charge in [0.1, 0.15) is 0 Å². The molecule has 1 N–H and O–H groups in total. The van der Waals surface area contributed by atoms with Crippen LogP contribution in [0.25, 0.3) is 0 Å². The molecule has 0 aromatic heterocycles. The second-order valence-electron chi connectivity index (χ2n) is 3.05. The van der Waals surface area contributed by atoms with E-state index < -0.39 is 5.97 Å². The van der Waals surface area contributed by atoms with E-state index in [2.05, 4.69) is 12.2 Å².